The number of nitrogens with two attached hydrogens (primary N) is 1. The van der Waals surface area contributed by atoms with E-state index in [0.717, 1.165) is 11.6 Å². The number of aromatic nitrogens is 2. The molecule has 9 heteroatoms. The standard InChI is InChI=1S/C22H19F3N4O2/c1-14(12-19(29(2)26)16-6-4-3-5-7-16)21-27-20(28-31-21)17-9-8-15(10-11-30)18(13-17)22(23,24)25/h3-9,11-13H,1,10,26H2,2H3/b19-12-. The van der Waals surface area contributed by atoms with Gasteiger partial charge in [0.25, 0.3) is 5.89 Å². The molecule has 0 radical (unpaired) electrons. The van der Waals surface area contributed by atoms with Gasteiger partial charge in [-0.25, -0.2) is 5.84 Å². The maximum Gasteiger partial charge on any atom is 0.416 e. The zero-order chi connectivity index (χ0) is 22.6. The molecule has 0 amide bonds. The third-order valence-corrected chi connectivity index (χ3v) is 4.44. The Morgan fingerprint density at radius 3 is 2.55 bits per heavy atom. The van der Waals surface area contributed by atoms with Crippen molar-refractivity contribution in [3.05, 3.63) is 83.8 Å². The van der Waals surface area contributed by atoms with Crippen LogP contribution in [0, 0.1) is 0 Å². The lowest BCUT2D eigenvalue weighted by atomic mass is 10.0. The Morgan fingerprint density at radius 2 is 1.94 bits per heavy atom. The second kappa shape index (κ2) is 8.97. The van der Waals surface area contributed by atoms with Gasteiger partial charge >= 0.3 is 6.18 Å². The highest BCUT2D eigenvalue weighted by Gasteiger charge is 2.33. The summed E-state index contributed by atoms with van der Waals surface area (Å²) in [6.45, 7) is 3.90. The monoisotopic (exact) mass is 428 g/mol. The minimum atomic E-state index is -4.62. The first-order chi connectivity index (χ1) is 14.7. The number of halogens is 3. The molecule has 0 bridgehead atoms. The van der Waals surface area contributed by atoms with Crippen molar-refractivity contribution in [2.24, 2.45) is 5.84 Å². The second-order valence-electron chi connectivity index (χ2n) is 6.70. The minimum absolute atomic E-state index is 0.0323. The number of allylic oxidation sites excluding steroid dienone is 2. The Morgan fingerprint density at radius 1 is 1.23 bits per heavy atom. The van der Waals surface area contributed by atoms with E-state index in [2.05, 4.69) is 16.7 Å². The van der Waals surface area contributed by atoms with Crippen molar-refractivity contribution in [1.82, 2.24) is 15.1 Å². The maximum atomic E-state index is 13.4. The van der Waals surface area contributed by atoms with Crippen LogP contribution >= 0.6 is 0 Å². The lowest BCUT2D eigenvalue weighted by Gasteiger charge is -2.17. The van der Waals surface area contributed by atoms with Crippen molar-refractivity contribution in [2.75, 3.05) is 7.05 Å². The van der Waals surface area contributed by atoms with Crippen LogP contribution in [0.25, 0.3) is 22.7 Å². The fourth-order valence-corrected chi connectivity index (χ4v) is 2.94. The molecule has 0 fully saturated rings. The van der Waals surface area contributed by atoms with Crippen LogP contribution in [0.4, 0.5) is 13.2 Å². The second-order valence-corrected chi connectivity index (χ2v) is 6.70. The molecule has 3 rings (SSSR count). The van der Waals surface area contributed by atoms with Crippen molar-refractivity contribution in [2.45, 2.75) is 12.6 Å². The molecule has 1 heterocycles. The molecular formula is C22H19F3N4O2. The van der Waals surface area contributed by atoms with Crippen molar-refractivity contribution >= 4 is 17.6 Å². The Hall–Kier alpha value is -3.72. The van der Waals surface area contributed by atoms with Crippen molar-refractivity contribution in [3.63, 3.8) is 0 Å². The Labute approximate surface area is 176 Å². The number of hydrogen-bond acceptors (Lipinski definition) is 6. The molecule has 160 valence electrons. The van der Waals surface area contributed by atoms with Crippen molar-refractivity contribution < 1.29 is 22.5 Å². The number of hydrogen-bond donors (Lipinski definition) is 1. The van der Waals surface area contributed by atoms with Crippen molar-refractivity contribution in [1.29, 1.82) is 0 Å². The highest BCUT2D eigenvalue weighted by Crippen LogP contribution is 2.35. The predicted molar refractivity (Wildman–Crippen MR) is 110 cm³/mol. The van der Waals surface area contributed by atoms with Crippen LogP contribution in [-0.4, -0.2) is 28.5 Å². The summed E-state index contributed by atoms with van der Waals surface area (Å²) in [5.74, 6) is 5.92. The van der Waals surface area contributed by atoms with E-state index < -0.39 is 11.7 Å². The SMILES string of the molecule is C=C(/C=C(/c1ccccc1)N(C)N)c1nc(-c2ccc(CC=O)c(C(F)(F)F)c2)no1. The van der Waals surface area contributed by atoms with Gasteiger partial charge in [-0.1, -0.05) is 54.2 Å². The van der Waals surface area contributed by atoms with E-state index in [-0.39, 0.29) is 29.3 Å². The quantitative estimate of drug-likeness (QED) is 0.261. The van der Waals surface area contributed by atoms with Crippen molar-refractivity contribution in [3.8, 4) is 11.4 Å². The van der Waals surface area contributed by atoms with Crippen LogP contribution in [0.5, 0.6) is 0 Å². The third kappa shape index (κ3) is 5.07. The molecule has 3 aromatic rings. The van der Waals surface area contributed by atoms with Crippen LogP contribution in [-0.2, 0) is 17.4 Å². The highest BCUT2D eigenvalue weighted by molar-refractivity contribution is 5.79. The number of hydrazine groups is 1. The number of carbonyl (C=O) groups excluding carboxylic acids is 1. The Kier molecular flexibility index (Phi) is 6.36. The molecule has 6 nitrogen and oxygen atoms in total. The molecular weight excluding hydrogens is 409 g/mol. The van der Waals surface area contributed by atoms with Gasteiger partial charge in [0, 0.05) is 24.6 Å². The Balaban J connectivity index is 1.94. The number of rotatable bonds is 7. The summed E-state index contributed by atoms with van der Waals surface area (Å²) in [5, 5.41) is 5.18. The van der Waals surface area contributed by atoms with Gasteiger partial charge in [0.1, 0.15) is 6.29 Å². The molecule has 2 aromatic carbocycles. The van der Waals surface area contributed by atoms with Crippen LogP contribution in [0.3, 0.4) is 0 Å². The van der Waals surface area contributed by atoms with Crippen LogP contribution in [0.1, 0.15) is 22.6 Å². The molecule has 0 unspecified atom stereocenters. The van der Waals surface area contributed by atoms with Gasteiger partial charge in [0.15, 0.2) is 0 Å². The van der Waals surface area contributed by atoms with Gasteiger partial charge in [0.05, 0.1) is 11.3 Å². The van der Waals surface area contributed by atoms with E-state index in [9.17, 15) is 18.0 Å². The zero-order valence-electron chi connectivity index (χ0n) is 16.6. The summed E-state index contributed by atoms with van der Waals surface area (Å²) in [6, 6.07) is 12.8. The number of benzene rings is 2. The lowest BCUT2D eigenvalue weighted by Crippen LogP contribution is -2.24. The fourth-order valence-electron chi connectivity index (χ4n) is 2.94. The third-order valence-electron chi connectivity index (χ3n) is 4.44. The molecule has 2 N–H and O–H groups in total. The van der Waals surface area contributed by atoms with E-state index in [1.54, 1.807) is 13.1 Å². The molecule has 0 atom stereocenters. The first-order valence-corrected chi connectivity index (χ1v) is 9.13. The summed E-state index contributed by atoms with van der Waals surface area (Å²) in [4.78, 5) is 14.9. The molecule has 0 spiro atoms. The van der Waals surface area contributed by atoms with E-state index in [4.69, 9.17) is 10.4 Å². The largest absolute Gasteiger partial charge is 0.416 e. The predicted octanol–water partition coefficient (Wildman–Crippen LogP) is 4.36. The van der Waals surface area contributed by atoms with Crippen LogP contribution in [0.15, 0.2) is 65.7 Å². The van der Waals surface area contributed by atoms with E-state index in [0.29, 0.717) is 17.6 Å². The molecule has 0 aliphatic carbocycles. The Bertz CT molecular complexity index is 1120. The number of alkyl halides is 3. The average Bonchev–Trinajstić information content (AvgIpc) is 3.22. The lowest BCUT2D eigenvalue weighted by molar-refractivity contribution is -0.138. The summed E-state index contributed by atoms with van der Waals surface area (Å²) >= 11 is 0. The van der Waals surface area contributed by atoms with Gasteiger partial charge in [-0.15, -0.1) is 0 Å². The number of aldehydes is 1. The molecule has 0 saturated heterocycles. The maximum absolute atomic E-state index is 13.4. The topological polar surface area (TPSA) is 85.2 Å². The molecule has 0 saturated carbocycles. The van der Waals surface area contributed by atoms with Gasteiger partial charge in [-0.2, -0.15) is 18.2 Å². The first-order valence-electron chi connectivity index (χ1n) is 9.13. The highest BCUT2D eigenvalue weighted by atomic mass is 19.4. The first kappa shape index (κ1) is 22.0. The van der Waals surface area contributed by atoms with Crippen LogP contribution < -0.4 is 5.84 Å². The normalized spacial score (nSPS) is 12.0. The fraction of sp³-hybridized carbons (Fsp3) is 0.136. The summed E-state index contributed by atoms with van der Waals surface area (Å²) < 4.78 is 45.3. The number of nitrogens with zero attached hydrogens (tertiary/aromatic N) is 3. The zero-order valence-corrected chi connectivity index (χ0v) is 16.6. The summed E-state index contributed by atoms with van der Waals surface area (Å²) in [6.07, 6.45) is -2.90. The summed E-state index contributed by atoms with van der Waals surface area (Å²) in [5.41, 5.74) is 0.854. The van der Waals surface area contributed by atoms with Gasteiger partial charge in [-0.3, -0.25) is 0 Å². The minimum Gasteiger partial charge on any atom is -0.334 e. The smallest absolute Gasteiger partial charge is 0.334 e. The number of carbonyl (C=O) groups is 1. The molecule has 31 heavy (non-hydrogen) atoms. The molecule has 0 aliphatic heterocycles. The van der Waals surface area contributed by atoms with Crippen LogP contribution in [0.2, 0.25) is 0 Å². The van der Waals surface area contributed by atoms with E-state index >= 15 is 0 Å². The summed E-state index contributed by atoms with van der Waals surface area (Å²) in [7, 11) is 1.66. The van der Waals surface area contributed by atoms with E-state index in [1.807, 2.05) is 30.3 Å². The van der Waals surface area contributed by atoms with Gasteiger partial charge in [0.2, 0.25) is 5.82 Å². The average molecular weight is 428 g/mol. The molecule has 0 aliphatic rings. The van der Waals surface area contributed by atoms with Gasteiger partial charge < -0.3 is 14.3 Å². The van der Waals surface area contributed by atoms with E-state index in [1.165, 1.54) is 17.1 Å². The van der Waals surface area contributed by atoms with Gasteiger partial charge in [-0.05, 0) is 23.3 Å². The molecule has 1 aromatic heterocycles.